The van der Waals surface area contributed by atoms with Crippen molar-refractivity contribution in [2.75, 3.05) is 0 Å². The SMILES string of the molecule is CC(=O)c1ncccc1C(C)(F)F.C[C@@H]1CC[C@@H]1c1ccc(C(F)(F)P)cc1Cl. The van der Waals surface area contributed by atoms with Crippen molar-refractivity contribution >= 4 is 26.6 Å². The molecule has 3 atom stereocenters. The van der Waals surface area contributed by atoms with Gasteiger partial charge in [-0.25, -0.2) is 8.78 Å². The van der Waals surface area contributed by atoms with Gasteiger partial charge in [-0.15, -0.1) is 0 Å². The van der Waals surface area contributed by atoms with E-state index in [1.54, 1.807) is 6.07 Å². The molecule has 0 spiro atoms. The maximum atomic E-state index is 13.0. The van der Waals surface area contributed by atoms with E-state index in [0.717, 1.165) is 18.9 Å². The Balaban J connectivity index is 0.000000212. The molecule has 0 radical (unpaired) electrons. The molecule has 0 saturated heterocycles. The Bertz CT molecular complexity index is 880. The van der Waals surface area contributed by atoms with Crippen LogP contribution in [0, 0.1) is 5.92 Å². The van der Waals surface area contributed by atoms with Crippen LogP contribution in [0.25, 0.3) is 0 Å². The summed E-state index contributed by atoms with van der Waals surface area (Å²) in [6.07, 6.45) is 3.63. The van der Waals surface area contributed by atoms with Gasteiger partial charge in [0, 0.05) is 36.2 Å². The van der Waals surface area contributed by atoms with E-state index in [1.807, 2.05) is 0 Å². The third-order valence-electron chi connectivity index (χ3n) is 5.02. The maximum absolute atomic E-state index is 13.0. The molecule has 1 saturated carbocycles. The number of hydrogen-bond donors (Lipinski definition) is 0. The number of nitrogens with zero attached hydrogens (tertiary/aromatic N) is 1. The first-order chi connectivity index (χ1) is 13.3. The van der Waals surface area contributed by atoms with E-state index in [1.165, 1.54) is 53.0 Å². The first-order valence-electron chi connectivity index (χ1n) is 9.13. The normalized spacial score (nSPS) is 19.1. The minimum absolute atomic E-state index is 0.0433. The van der Waals surface area contributed by atoms with Crippen LogP contribution in [0.1, 0.15) is 66.7 Å². The first kappa shape index (κ1) is 23.8. The van der Waals surface area contributed by atoms with Gasteiger partial charge in [0.1, 0.15) is 5.69 Å². The monoisotopic (exact) mass is 447 g/mol. The van der Waals surface area contributed by atoms with Gasteiger partial charge in [-0.1, -0.05) is 39.9 Å². The number of benzene rings is 1. The molecule has 29 heavy (non-hydrogen) atoms. The largest absolute Gasteiger partial charge is 0.293 e. The fourth-order valence-corrected chi connectivity index (χ4v) is 3.70. The lowest BCUT2D eigenvalue weighted by Crippen LogP contribution is -2.21. The first-order valence-corrected chi connectivity index (χ1v) is 10.1. The Labute approximate surface area is 175 Å². The molecule has 0 amide bonds. The van der Waals surface area contributed by atoms with Gasteiger partial charge < -0.3 is 0 Å². The zero-order valence-electron chi connectivity index (χ0n) is 16.4. The van der Waals surface area contributed by atoms with Crippen LogP contribution in [-0.2, 0) is 11.6 Å². The summed E-state index contributed by atoms with van der Waals surface area (Å²) in [5.41, 5.74) is -2.40. The summed E-state index contributed by atoms with van der Waals surface area (Å²) in [7, 11) is 1.53. The van der Waals surface area contributed by atoms with E-state index in [9.17, 15) is 22.4 Å². The number of carbonyl (C=O) groups is 1. The Morgan fingerprint density at radius 2 is 1.86 bits per heavy atom. The molecule has 3 rings (SSSR count). The highest BCUT2D eigenvalue weighted by Gasteiger charge is 2.32. The molecule has 1 aliphatic rings. The Morgan fingerprint density at radius 3 is 2.24 bits per heavy atom. The van der Waals surface area contributed by atoms with Crippen molar-refractivity contribution in [1.29, 1.82) is 0 Å². The highest BCUT2D eigenvalue weighted by molar-refractivity contribution is 7.17. The summed E-state index contributed by atoms with van der Waals surface area (Å²) >= 11 is 6.07. The predicted molar refractivity (Wildman–Crippen MR) is 110 cm³/mol. The molecule has 1 aromatic carbocycles. The van der Waals surface area contributed by atoms with Crippen molar-refractivity contribution in [1.82, 2.24) is 4.98 Å². The third kappa shape index (κ3) is 5.99. The molecule has 2 nitrogen and oxygen atoms in total. The summed E-state index contributed by atoms with van der Waals surface area (Å²) in [6.45, 7) is 4.14. The molecule has 1 heterocycles. The van der Waals surface area contributed by atoms with Crippen LogP contribution in [0.15, 0.2) is 36.5 Å². The van der Waals surface area contributed by atoms with Gasteiger partial charge in [0.15, 0.2) is 5.78 Å². The number of carbonyl (C=O) groups excluding carboxylic acids is 1. The molecule has 1 aliphatic carbocycles. The smallest absolute Gasteiger partial charge is 0.283 e. The highest BCUT2D eigenvalue weighted by Crippen LogP contribution is 2.46. The van der Waals surface area contributed by atoms with E-state index in [4.69, 9.17) is 11.6 Å². The fourth-order valence-electron chi connectivity index (χ4n) is 3.20. The summed E-state index contributed by atoms with van der Waals surface area (Å²) in [5.74, 6) is -2.41. The lowest BCUT2D eigenvalue weighted by molar-refractivity contribution is 0.0160. The number of pyridine rings is 1. The van der Waals surface area contributed by atoms with Gasteiger partial charge in [-0.05, 0) is 48.4 Å². The van der Waals surface area contributed by atoms with Gasteiger partial charge in [0.05, 0.1) is 0 Å². The van der Waals surface area contributed by atoms with Crippen LogP contribution >= 0.6 is 20.8 Å². The van der Waals surface area contributed by atoms with E-state index in [0.29, 0.717) is 16.9 Å². The van der Waals surface area contributed by atoms with Crippen LogP contribution in [0.3, 0.4) is 0 Å². The average Bonchev–Trinajstić information content (AvgIpc) is 2.61. The number of Topliss-reactive ketones (excluding diaryl/α,β-unsaturated/α-hetero) is 1. The van der Waals surface area contributed by atoms with Crippen molar-refractivity contribution in [3.05, 3.63) is 63.9 Å². The van der Waals surface area contributed by atoms with Crippen molar-refractivity contribution < 1.29 is 22.4 Å². The molecule has 1 aromatic heterocycles. The number of aromatic nitrogens is 1. The fraction of sp³-hybridized carbons (Fsp3) is 0.429. The highest BCUT2D eigenvalue weighted by atomic mass is 35.5. The molecule has 8 heteroatoms. The van der Waals surface area contributed by atoms with Crippen LogP contribution in [-0.4, -0.2) is 10.8 Å². The zero-order chi connectivity index (χ0) is 22.0. The quantitative estimate of drug-likeness (QED) is 0.282. The standard InChI is InChI=1S/C12H14ClF2P.C9H9F2NO/c1-7-2-4-9(7)10-5-3-8(6-11(10)13)12(14,15)16;1-6(13)8-7(9(2,10)11)4-3-5-12-8/h3,5-7,9H,2,4,16H2,1H3;3-5H,1-2H3/t7-,9+;/m1./s1. The number of hydrogen-bond acceptors (Lipinski definition) is 2. The summed E-state index contributed by atoms with van der Waals surface area (Å²) in [5, 5.41) is 0.469. The minimum Gasteiger partial charge on any atom is -0.293 e. The second-order valence-corrected chi connectivity index (χ2v) is 8.50. The number of rotatable bonds is 4. The molecule has 1 fully saturated rings. The number of halogens is 5. The van der Waals surface area contributed by atoms with Gasteiger partial charge in [-0.3, -0.25) is 9.78 Å². The Kier molecular flexibility index (Phi) is 7.45. The van der Waals surface area contributed by atoms with Gasteiger partial charge in [-0.2, -0.15) is 8.78 Å². The van der Waals surface area contributed by atoms with E-state index in [-0.39, 0.29) is 16.8 Å². The molecule has 158 valence electrons. The second-order valence-electron chi connectivity index (χ2n) is 7.36. The van der Waals surface area contributed by atoms with Crippen molar-refractivity contribution in [3.8, 4) is 0 Å². The Hall–Kier alpha value is -1.52. The lowest BCUT2D eigenvalue weighted by Gasteiger charge is -2.35. The van der Waals surface area contributed by atoms with E-state index >= 15 is 0 Å². The summed E-state index contributed by atoms with van der Waals surface area (Å²) in [4.78, 5) is 14.5. The molecule has 0 N–H and O–H groups in total. The molecule has 2 aromatic rings. The van der Waals surface area contributed by atoms with E-state index in [2.05, 4.69) is 11.9 Å². The van der Waals surface area contributed by atoms with Crippen LogP contribution < -0.4 is 0 Å². The van der Waals surface area contributed by atoms with Crippen LogP contribution in [0.4, 0.5) is 17.6 Å². The lowest BCUT2D eigenvalue weighted by atomic mass is 9.71. The van der Waals surface area contributed by atoms with Gasteiger partial charge in [0.25, 0.3) is 11.6 Å². The average molecular weight is 448 g/mol. The summed E-state index contributed by atoms with van der Waals surface area (Å²) < 4.78 is 51.9. The molecular weight excluding hydrogens is 425 g/mol. The van der Waals surface area contributed by atoms with Crippen molar-refractivity contribution in [2.45, 2.75) is 51.1 Å². The molecular formula is C21H23ClF4NOP. The van der Waals surface area contributed by atoms with Gasteiger partial charge >= 0.3 is 0 Å². The van der Waals surface area contributed by atoms with Gasteiger partial charge in [0.2, 0.25) is 0 Å². The third-order valence-corrected chi connectivity index (χ3v) is 5.68. The number of alkyl halides is 4. The Morgan fingerprint density at radius 1 is 1.21 bits per heavy atom. The van der Waals surface area contributed by atoms with Crippen molar-refractivity contribution in [2.24, 2.45) is 5.92 Å². The molecule has 0 bridgehead atoms. The molecule has 1 unspecified atom stereocenters. The van der Waals surface area contributed by atoms with Crippen LogP contribution in [0.5, 0.6) is 0 Å². The van der Waals surface area contributed by atoms with Crippen molar-refractivity contribution in [3.63, 3.8) is 0 Å². The predicted octanol–water partition coefficient (Wildman–Crippen LogP) is 7.17. The summed E-state index contributed by atoms with van der Waals surface area (Å²) in [6, 6.07) is 7.20. The zero-order valence-corrected chi connectivity index (χ0v) is 18.3. The number of ketones is 1. The molecule has 0 aliphatic heterocycles. The maximum Gasteiger partial charge on any atom is 0.283 e. The second kappa shape index (κ2) is 9.09. The van der Waals surface area contributed by atoms with Crippen LogP contribution in [0.2, 0.25) is 5.02 Å². The topological polar surface area (TPSA) is 30.0 Å². The minimum atomic E-state index is -3.02. The van der Waals surface area contributed by atoms with E-state index < -0.39 is 17.4 Å².